The fraction of sp³-hybridized carbons (Fsp3) is 0.800. The van der Waals surface area contributed by atoms with Gasteiger partial charge in [-0.3, -0.25) is 4.68 Å². The number of ether oxygens (including phenoxy) is 1. The van der Waals surface area contributed by atoms with Crippen LogP contribution in [0.1, 0.15) is 37.9 Å². The second-order valence-electron chi connectivity index (χ2n) is 6.68. The summed E-state index contributed by atoms with van der Waals surface area (Å²) in [4.78, 5) is 2.46. The Morgan fingerprint density at radius 3 is 2.80 bits per heavy atom. The van der Waals surface area contributed by atoms with E-state index in [2.05, 4.69) is 43.1 Å². The third kappa shape index (κ3) is 2.56. The molecular formula is C15H26N4O. The van der Waals surface area contributed by atoms with Gasteiger partial charge in [-0.1, -0.05) is 0 Å². The van der Waals surface area contributed by atoms with Crippen LogP contribution in [0.4, 0.5) is 5.82 Å². The molecule has 5 heteroatoms. The molecule has 0 spiro atoms. The zero-order valence-corrected chi connectivity index (χ0v) is 13.1. The molecule has 2 heterocycles. The first-order valence-corrected chi connectivity index (χ1v) is 7.60. The van der Waals surface area contributed by atoms with Crippen LogP contribution in [0.5, 0.6) is 0 Å². The SMILES string of the molecule is Cc1nn(C)c(N2CCOCC2(C)C)c1CNC1CC1. The standard InChI is InChI=1S/C15H26N4O/c1-11-13(9-16-12-5-6-12)14(18(4)17-11)19-7-8-20-10-15(19,2)3/h12,16H,5-10H2,1-4H3. The average Bonchev–Trinajstić information content (AvgIpc) is 3.14. The van der Waals surface area contributed by atoms with Gasteiger partial charge < -0.3 is 15.0 Å². The third-order valence-corrected chi connectivity index (χ3v) is 4.36. The van der Waals surface area contributed by atoms with Crippen molar-refractivity contribution in [3.63, 3.8) is 0 Å². The van der Waals surface area contributed by atoms with Crippen LogP contribution < -0.4 is 10.2 Å². The number of nitrogens with one attached hydrogen (secondary N) is 1. The van der Waals surface area contributed by atoms with Gasteiger partial charge in [-0.25, -0.2) is 0 Å². The van der Waals surface area contributed by atoms with E-state index in [9.17, 15) is 0 Å². The molecule has 3 rings (SSSR count). The summed E-state index contributed by atoms with van der Waals surface area (Å²) in [5.41, 5.74) is 2.50. The quantitative estimate of drug-likeness (QED) is 0.908. The molecule has 1 aromatic rings. The molecule has 1 aliphatic carbocycles. The predicted molar refractivity (Wildman–Crippen MR) is 80.1 cm³/mol. The Morgan fingerprint density at radius 1 is 1.40 bits per heavy atom. The summed E-state index contributed by atoms with van der Waals surface area (Å²) >= 11 is 0. The predicted octanol–water partition coefficient (Wildman–Crippen LogP) is 1.60. The first kappa shape index (κ1) is 13.9. The summed E-state index contributed by atoms with van der Waals surface area (Å²) in [6, 6.07) is 0.722. The van der Waals surface area contributed by atoms with Crippen molar-refractivity contribution in [3.8, 4) is 0 Å². The van der Waals surface area contributed by atoms with Crippen molar-refractivity contribution in [2.75, 3.05) is 24.7 Å². The van der Waals surface area contributed by atoms with E-state index in [0.717, 1.165) is 38.0 Å². The van der Waals surface area contributed by atoms with E-state index in [0.29, 0.717) is 0 Å². The molecule has 0 bridgehead atoms. The molecule has 20 heavy (non-hydrogen) atoms. The van der Waals surface area contributed by atoms with Crippen molar-refractivity contribution < 1.29 is 4.74 Å². The Labute approximate surface area is 121 Å². The number of rotatable bonds is 4. The number of hydrogen-bond donors (Lipinski definition) is 1. The van der Waals surface area contributed by atoms with E-state index in [1.54, 1.807) is 0 Å². The molecule has 5 nitrogen and oxygen atoms in total. The lowest BCUT2D eigenvalue weighted by molar-refractivity contribution is 0.0633. The number of morpholine rings is 1. The van der Waals surface area contributed by atoms with Crippen molar-refractivity contribution >= 4 is 5.82 Å². The molecule has 2 aliphatic rings. The molecule has 1 N–H and O–H groups in total. The number of anilines is 1. The third-order valence-electron chi connectivity index (χ3n) is 4.36. The molecule has 1 saturated heterocycles. The highest BCUT2D eigenvalue weighted by Crippen LogP contribution is 2.32. The average molecular weight is 278 g/mol. The number of nitrogens with zero attached hydrogens (tertiary/aromatic N) is 3. The lowest BCUT2D eigenvalue weighted by Gasteiger charge is -2.44. The second-order valence-corrected chi connectivity index (χ2v) is 6.68. The van der Waals surface area contributed by atoms with Gasteiger partial charge >= 0.3 is 0 Å². The second kappa shape index (κ2) is 5.04. The Morgan fingerprint density at radius 2 is 2.15 bits per heavy atom. The highest BCUT2D eigenvalue weighted by molar-refractivity contribution is 5.52. The highest BCUT2D eigenvalue weighted by Gasteiger charge is 2.34. The summed E-state index contributed by atoms with van der Waals surface area (Å²) in [5, 5.41) is 8.27. The lowest BCUT2D eigenvalue weighted by atomic mass is 10.0. The largest absolute Gasteiger partial charge is 0.377 e. The molecule has 0 aromatic carbocycles. The van der Waals surface area contributed by atoms with Gasteiger partial charge in [-0.2, -0.15) is 5.10 Å². The van der Waals surface area contributed by atoms with E-state index in [-0.39, 0.29) is 5.54 Å². The molecule has 0 radical (unpaired) electrons. The normalized spacial score (nSPS) is 22.3. The molecule has 0 atom stereocenters. The lowest BCUT2D eigenvalue weighted by Crippen LogP contribution is -2.54. The van der Waals surface area contributed by atoms with Crippen LogP contribution in [-0.4, -0.2) is 41.1 Å². The number of aryl methyl sites for hydroxylation is 2. The van der Waals surface area contributed by atoms with Gasteiger partial charge in [0.2, 0.25) is 0 Å². The maximum atomic E-state index is 5.64. The Kier molecular flexibility index (Phi) is 3.50. The molecule has 0 amide bonds. The van der Waals surface area contributed by atoms with Crippen LogP contribution >= 0.6 is 0 Å². The highest BCUT2D eigenvalue weighted by atomic mass is 16.5. The zero-order chi connectivity index (χ0) is 14.3. The van der Waals surface area contributed by atoms with Gasteiger partial charge in [0.1, 0.15) is 5.82 Å². The van der Waals surface area contributed by atoms with Crippen molar-refractivity contribution in [2.45, 2.75) is 51.7 Å². The van der Waals surface area contributed by atoms with Gasteiger partial charge in [0.25, 0.3) is 0 Å². The topological polar surface area (TPSA) is 42.3 Å². The van der Waals surface area contributed by atoms with Gasteiger partial charge in [0.15, 0.2) is 0 Å². The zero-order valence-electron chi connectivity index (χ0n) is 13.1. The summed E-state index contributed by atoms with van der Waals surface area (Å²) in [5.74, 6) is 1.25. The van der Waals surface area contributed by atoms with Crippen molar-refractivity contribution in [3.05, 3.63) is 11.3 Å². The minimum atomic E-state index is 0.0206. The molecule has 112 valence electrons. The van der Waals surface area contributed by atoms with E-state index in [1.807, 2.05) is 4.68 Å². The minimum absolute atomic E-state index is 0.0206. The van der Waals surface area contributed by atoms with Crippen molar-refractivity contribution in [2.24, 2.45) is 7.05 Å². The molecule has 1 aliphatic heterocycles. The molecule has 1 aromatic heterocycles. The van der Waals surface area contributed by atoms with Gasteiger partial charge in [0.05, 0.1) is 24.4 Å². The molecule has 2 fully saturated rings. The fourth-order valence-corrected chi connectivity index (χ4v) is 3.02. The summed E-state index contributed by atoms with van der Waals surface area (Å²) in [7, 11) is 2.05. The summed E-state index contributed by atoms with van der Waals surface area (Å²) < 4.78 is 7.68. The van der Waals surface area contributed by atoms with E-state index < -0.39 is 0 Å². The summed E-state index contributed by atoms with van der Waals surface area (Å²) in [6.07, 6.45) is 2.63. The van der Waals surface area contributed by atoms with Crippen LogP contribution in [-0.2, 0) is 18.3 Å². The van der Waals surface area contributed by atoms with Crippen LogP contribution in [0, 0.1) is 6.92 Å². The minimum Gasteiger partial charge on any atom is -0.377 e. The first-order chi connectivity index (χ1) is 9.49. The van der Waals surface area contributed by atoms with Gasteiger partial charge in [0, 0.05) is 31.7 Å². The molecule has 0 unspecified atom stereocenters. The van der Waals surface area contributed by atoms with E-state index in [1.165, 1.54) is 24.2 Å². The van der Waals surface area contributed by atoms with Crippen LogP contribution in [0.15, 0.2) is 0 Å². The van der Waals surface area contributed by atoms with Crippen molar-refractivity contribution in [1.29, 1.82) is 0 Å². The summed E-state index contributed by atoms with van der Waals surface area (Å²) in [6.45, 7) is 10.0. The van der Waals surface area contributed by atoms with Gasteiger partial charge in [-0.15, -0.1) is 0 Å². The maximum Gasteiger partial charge on any atom is 0.131 e. The Hall–Kier alpha value is -1.07. The van der Waals surface area contributed by atoms with Crippen LogP contribution in [0.2, 0.25) is 0 Å². The monoisotopic (exact) mass is 278 g/mol. The molecule has 1 saturated carbocycles. The maximum absolute atomic E-state index is 5.64. The number of aromatic nitrogens is 2. The molecular weight excluding hydrogens is 252 g/mol. The van der Waals surface area contributed by atoms with E-state index in [4.69, 9.17) is 4.74 Å². The fourth-order valence-electron chi connectivity index (χ4n) is 3.02. The van der Waals surface area contributed by atoms with Crippen LogP contribution in [0.25, 0.3) is 0 Å². The van der Waals surface area contributed by atoms with Crippen molar-refractivity contribution in [1.82, 2.24) is 15.1 Å². The first-order valence-electron chi connectivity index (χ1n) is 7.60. The Bertz CT molecular complexity index is 490. The van der Waals surface area contributed by atoms with Crippen LogP contribution in [0.3, 0.4) is 0 Å². The Balaban J connectivity index is 1.89. The van der Waals surface area contributed by atoms with Gasteiger partial charge in [-0.05, 0) is 33.6 Å². The van der Waals surface area contributed by atoms with E-state index >= 15 is 0 Å². The smallest absolute Gasteiger partial charge is 0.131 e. The number of hydrogen-bond acceptors (Lipinski definition) is 4.